The zero-order chi connectivity index (χ0) is 12.5. The number of ether oxygens (including phenoxy) is 1. The third kappa shape index (κ3) is 3.65. The molecule has 0 saturated heterocycles. The van der Waals surface area contributed by atoms with Crippen molar-refractivity contribution in [2.75, 3.05) is 6.61 Å². The van der Waals surface area contributed by atoms with Crippen LogP contribution in [0, 0.1) is 0 Å². The predicted octanol–water partition coefficient (Wildman–Crippen LogP) is 3.28. The summed E-state index contributed by atoms with van der Waals surface area (Å²) < 4.78 is 96.9. The first kappa shape index (κ1) is 14.1. The van der Waals surface area contributed by atoms with Crippen molar-refractivity contribution < 1.29 is 39.9 Å². The molecule has 0 aliphatic carbocycles. The number of hydrogen-bond acceptors (Lipinski definition) is 1. The summed E-state index contributed by atoms with van der Waals surface area (Å²) in [6.07, 6.45) is -10.9. The van der Waals surface area contributed by atoms with Crippen molar-refractivity contribution in [3.63, 3.8) is 0 Å². The molecular weight excluding hydrogens is 240 g/mol. The van der Waals surface area contributed by atoms with Gasteiger partial charge in [-0.1, -0.05) is 6.58 Å². The van der Waals surface area contributed by atoms with E-state index in [1.165, 1.54) is 0 Å². The summed E-state index contributed by atoms with van der Waals surface area (Å²) in [4.78, 5) is 0. The summed E-state index contributed by atoms with van der Waals surface area (Å²) >= 11 is 0. The SMILES string of the molecule is C=C(F)C(F)(F)OCC(F)(F)C(F)(F)F. The van der Waals surface area contributed by atoms with Crippen LogP contribution in [0.15, 0.2) is 12.4 Å². The molecule has 15 heavy (non-hydrogen) atoms. The fourth-order valence-electron chi connectivity index (χ4n) is 0.341. The van der Waals surface area contributed by atoms with Crippen LogP contribution in [-0.2, 0) is 4.74 Å². The van der Waals surface area contributed by atoms with Crippen molar-refractivity contribution in [2.45, 2.75) is 18.2 Å². The van der Waals surface area contributed by atoms with E-state index in [4.69, 9.17) is 0 Å². The van der Waals surface area contributed by atoms with Gasteiger partial charge in [0.25, 0.3) is 0 Å². The number of hydrogen-bond donors (Lipinski definition) is 0. The van der Waals surface area contributed by atoms with Gasteiger partial charge in [-0.2, -0.15) is 30.7 Å². The van der Waals surface area contributed by atoms with E-state index in [1.807, 2.05) is 6.58 Å². The minimum Gasteiger partial charge on any atom is -0.308 e. The average Bonchev–Trinajstić information content (AvgIpc) is 1.99. The van der Waals surface area contributed by atoms with Gasteiger partial charge in [-0.05, 0) is 0 Å². The molecule has 90 valence electrons. The fourth-order valence-corrected chi connectivity index (χ4v) is 0.341. The van der Waals surface area contributed by atoms with Crippen molar-refractivity contribution >= 4 is 0 Å². The standard InChI is InChI=1S/C6H4F8O/c1-3(7)5(10,11)15-2-4(8,9)6(12,13)14/h1-2H2. The lowest BCUT2D eigenvalue weighted by atomic mass is 10.3. The van der Waals surface area contributed by atoms with Gasteiger partial charge < -0.3 is 4.74 Å². The lowest BCUT2D eigenvalue weighted by molar-refractivity contribution is -0.327. The van der Waals surface area contributed by atoms with Crippen LogP contribution in [0.25, 0.3) is 0 Å². The van der Waals surface area contributed by atoms with Crippen molar-refractivity contribution in [2.24, 2.45) is 0 Å². The first-order valence-electron chi connectivity index (χ1n) is 3.21. The molecule has 0 saturated carbocycles. The Hall–Kier alpha value is -0.860. The van der Waals surface area contributed by atoms with Gasteiger partial charge in [-0.3, -0.25) is 0 Å². The van der Waals surface area contributed by atoms with E-state index in [0.717, 1.165) is 0 Å². The highest BCUT2D eigenvalue weighted by Crippen LogP contribution is 2.37. The van der Waals surface area contributed by atoms with Crippen molar-refractivity contribution in [1.29, 1.82) is 0 Å². The van der Waals surface area contributed by atoms with Crippen LogP contribution in [0.5, 0.6) is 0 Å². The summed E-state index contributed by atoms with van der Waals surface area (Å²) in [5, 5.41) is 0. The van der Waals surface area contributed by atoms with Crippen molar-refractivity contribution in [1.82, 2.24) is 0 Å². The molecule has 0 aromatic rings. The monoisotopic (exact) mass is 244 g/mol. The summed E-state index contributed by atoms with van der Waals surface area (Å²) in [6.45, 7) is -0.666. The maximum absolute atomic E-state index is 12.1. The molecule has 0 aliphatic heterocycles. The molecule has 0 heterocycles. The van der Waals surface area contributed by atoms with Gasteiger partial charge in [0.2, 0.25) is 0 Å². The summed E-state index contributed by atoms with van der Waals surface area (Å²) in [6, 6.07) is 0. The van der Waals surface area contributed by atoms with Crippen LogP contribution in [0.3, 0.4) is 0 Å². The zero-order valence-electron chi connectivity index (χ0n) is 6.85. The van der Waals surface area contributed by atoms with E-state index in [-0.39, 0.29) is 0 Å². The lowest BCUT2D eigenvalue weighted by Gasteiger charge is -2.22. The first-order valence-corrected chi connectivity index (χ1v) is 3.21. The smallest absolute Gasteiger partial charge is 0.308 e. The Morgan fingerprint density at radius 2 is 1.40 bits per heavy atom. The Kier molecular flexibility index (Phi) is 3.72. The molecule has 0 radical (unpaired) electrons. The molecule has 0 aromatic heterocycles. The summed E-state index contributed by atoms with van der Waals surface area (Å²) in [7, 11) is 0. The predicted molar refractivity (Wildman–Crippen MR) is 32.1 cm³/mol. The van der Waals surface area contributed by atoms with E-state index in [1.54, 1.807) is 0 Å². The third-order valence-corrected chi connectivity index (χ3v) is 1.17. The molecule has 0 fully saturated rings. The largest absolute Gasteiger partial charge is 0.455 e. The summed E-state index contributed by atoms with van der Waals surface area (Å²) in [5.74, 6) is -7.94. The minimum absolute atomic E-state index is 2.02. The van der Waals surface area contributed by atoms with Crippen LogP contribution in [0.1, 0.15) is 0 Å². The van der Waals surface area contributed by atoms with E-state index in [0.29, 0.717) is 0 Å². The van der Waals surface area contributed by atoms with Gasteiger partial charge in [0.05, 0.1) is 0 Å². The Morgan fingerprint density at radius 1 is 1.00 bits per heavy atom. The van der Waals surface area contributed by atoms with Gasteiger partial charge in [0, 0.05) is 0 Å². The molecule has 0 rings (SSSR count). The molecule has 0 amide bonds. The average molecular weight is 244 g/mol. The highest BCUT2D eigenvalue weighted by Gasteiger charge is 2.59. The molecule has 0 bridgehead atoms. The van der Waals surface area contributed by atoms with Crippen molar-refractivity contribution in [3.8, 4) is 0 Å². The Bertz CT molecular complexity index is 242. The minimum atomic E-state index is -6.04. The number of rotatable bonds is 4. The normalized spacial score (nSPS) is 14.1. The Balaban J connectivity index is 4.47. The van der Waals surface area contributed by atoms with Gasteiger partial charge >= 0.3 is 18.2 Å². The molecule has 0 N–H and O–H groups in total. The van der Waals surface area contributed by atoms with Crippen molar-refractivity contribution in [3.05, 3.63) is 12.4 Å². The topological polar surface area (TPSA) is 9.23 Å². The summed E-state index contributed by atoms with van der Waals surface area (Å²) in [5.41, 5.74) is 0. The quantitative estimate of drug-likeness (QED) is 0.689. The third-order valence-electron chi connectivity index (χ3n) is 1.17. The second kappa shape index (κ2) is 3.95. The Labute approximate surface area is 78.3 Å². The second-order valence-corrected chi connectivity index (χ2v) is 2.41. The van der Waals surface area contributed by atoms with Gasteiger partial charge in [-0.25, -0.2) is 4.39 Å². The highest BCUT2D eigenvalue weighted by atomic mass is 19.4. The molecular formula is C6H4F8O. The van der Waals surface area contributed by atoms with Crippen LogP contribution in [0.4, 0.5) is 35.1 Å². The van der Waals surface area contributed by atoms with Gasteiger partial charge in [0.15, 0.2) is 5.83 Å². The van der Waals surface area contributed by atoms with Crippen LogP contribution in [0.2, 0.25) is 0 Å². The maximum atomic E-state index is 12.1. The van der Waals surface area contributed by atoms with Gasteiger partial charge in [0.1, 0.15) is 6.61 Å². The van der Waals surface area contributed by atoms with E-state index in [9.17, 15) is 35.1 Å². The number of halogens is 8. The molecule has 0 aliphatic rings. The molecule has 9 heteroatoms. The van der Waals surface area contributed by atoms with Crippen LogP contribution in [-0.4, -0.2) is 24.8 Å². The lowest BCUT2D eigenvalue weighted by Crippen LogP contribution is -2.43. The van der Waals surface area contributed by atoms with E-state index < -0.39 is 30.6 Å². The molecule has 0 spiro atoms. The van der Waals surface area contributed by atoms with Crippen LogP contribution < -0.4 is 0 Å². The highest BCUT2D eigenvalue weighted by molar-refractivity contribution is 4.91. The second-order valence-electron chi connectivity index (χ2n) is 2.41. The number of alkyl halides is 7. The fraction of sp³-hybridized carbons (Fsp3) is 0.667. The Morgan fingerprint density at radius 3 is 1.67 bits per heavy atom. The molecule has 0 unspecified atom stereocenters. The first-order chi connectivity index (χ1) is 6.40. The zero-order valence-corrected chi connectivity index (χ0v) is 6.85. The maximum Gasteiger partial charge on any atom is 0.455 e. The molecule has 0 atom stereocenters. The molecule has 0 aromatic carbocycles. The van der Waals surface area contributed by atoms with E-state index in [2.05, 4.69) is 4.74 Å². The molecule has 1 nitrogen and oxygen atoms in total. The van der Waals surface area contributed by atoms with E-state index >= 15 is 0 Å². The van der Waals surface area contributed by atoms with Gasteiger partial charge in [-0.15, -0.1) is 0 Å². The van der Waals surface area contributed by atoms with Crippen LogP contribution >= 0.6 is 0 Å².